The first kappa shape index (κ1) is 12.1. The number of hydrogen-bond donors (Lipinski definition) is 1. The third kappa shape index (κ3) is 3.27. The lowest BCUT2D eigenvalue weighted by atomic mass is 10.2. The first-order valence-electron chi connectivity index (χ1n) is 4.98. The van der Waals surface area contributed by atoms with Gasteiger partial charge in [0.05, 0.1) is 0 Å². The molecular formula is C10H18N4S. The molecule has 1 rings (SSSR count). The summed E-state index contributed by atoms with van der Waals surface area (Å²) in [6.07, 6.45) is 4.72. The van der Waals surface area contributed by atoms with E-state index in [0.29, 0.717) is 11.9 Å². The molecule has 0 saturated carbocycles. The lowest BCUT2D eigenvalue weighted by Crippen LogP contribution is -2.33. The molecule has 0 aliphatic rings. The molecule has 2 N–H and O–H groups in total. The van der Waals surface area contributed by atoms with Gasteiger partial charge in [-0.05, 0) is 12.7 Å². The average Bonchev–Trinajstić information content (AvgIpc) is 2.25. The zero-order valence-corrected chi connectivity index (χ0v) is 10.3. The summed E-state index contributed by atoms with van der Waals surface area (Å²) < 4.78 is 0. The Morgan fingerprint density at radius 3 is 2.80 bits per heavy atom. The monoisotopic (exact) mass is 226 g/mol. The standard InChI is InChI=1S/C10H18N4S/c1-4-8(6-15-3)14(2)10-5-9(11)12-7-13-10/h5,7-8H,4,6H2,1-3H3,(H2,11,12,13). The predicted octanol–water partition coefficient (Wildman–Crippen LogP) is 1.64. The molecule has 0 aromatic carbocycles. The number of nitrogens with zero attached hydrogens (tertiary/aromatic N) is 3. The van der Waals surface area contributed by atoms with Crippen molar-refractivity contribution in [2.45, 2.75) is 19.4 Å². The summed E-state index contributed by atoms with van der Waals surface area (Å²) in [5, 5.41) is 0. The van der Waals surface area contributed by atoms with Crippen LogP contribution in [0.5, 0.6) is 0 Å². The minimum Gasteiger partial charge on any atom is -0.384 e. The highest BCUT2D eigenvalue weighted by Crippen LogP contribution is 2.17. The molecular weight excluding hydrogens is 208 g/mol. The van der Waals surface area contributed by atoms with Crippen LogP contribution in [0.4, 0.5) is 11.6 Å². The van der Waals surface area contributed by atoms with Gasteiger partial charge in [-0.1, -0.05) is 6.92 Å². The number of thioether (sulfide) groups is 1. The van der Waals surface area contributed by atoms with Gasteiger partial charge in [-0.3, -0.25) is 0 Å². The van der Waals surface area contributed by atoms with E-state index in [0.717, 1.165) is 18.0 Å². The van der Waals surface area contributed by atoms with Crippen molar-refractivity contribution in [1.82, 2.24) is 9.97 Å². The van der Waals surface area contributed by atoms with Crippen LogP contribution in [0.1, 0.15) is 13.3 Å². The molecule has 1 unspecified atom stereocenters. The number of aromatic nitrogens is 2. The van der Waals surface area contributed by atoms with Gasteiger partial charge in [0.2, 0.25) is 0 Å². The quantitative estimate of drug-likeness (QED) is 0.827. The van der Waals surface area contributed by atoms with E-state index in [1.54, 1.807) is 0 Å². The Morgan fingerprint density at radius 2 is 2.27 bits per heavy atom. The second-order valence-electron chi connectivity index (χ2n) is 3.43. The maximum Gasteiger partial charge on any atom is 0.134 e. The third-order valence-electron chi connectivity index (χ3n) is 2.41. The Bertz CT molecular complexity index is 305. The summed E-state index contributed by atoms with van der Waals surface area (Å²) in [6, 6.07) is 2.30. The van der Waals surface area contributed by atoms with E-state index in [1.807, 2.05) is 24.9 Å². The summed E-state index contributed by atoms with van der Waals surface area (Å²) in [4.78, 5) is 10.3. The number of anilines is 2. The van der Waals surface area contributed by atoms with E-state index >= 15 is 0 Å². The fourth-order valence-electron chi connectivity index (χ4n) is 1.44. The molecule has 84 valence electrons. The topological polar surface area (TPSA) is 55.0 Å². The molecule has 0 bridgehead atoms. The van der Waals surface area contributed by atoms with Crippen LogP contribution in [-0.2, 0) is 0 Å². The second kappa shape index (κ2) is 5.80. The Labute approximate surface area is 95.3 Å². The van der Waals surface area contributed by atoms with Crippen molar-refractivity contribution in [1.29, 1.82) is 0 Å². The van der Waals surface area contributed by atoms with E-state index < -0.39 is 0 Å². The van der Waals surface area contributed by atoms with Gasteiger partial charge in [0.15, 0.2) is 0 Å². The molecule has 0 saturated heterocycles. The van der Waals surface area contributed by atoms with E-state index in [9.17, 15) is 0 Å². The number of rotatable bonds is 5. The molecule has 0 spiro atoms. The Morgan fingerprint density at radius 1 is 1.53 bits per heavy atom. The molecule has 1 heterocycles. The van der Waals surface area contributed by atoms with Crippen molar-refractivity contribution in [3.63, 3.8) is 0 Å². The highest BCUT2D eigenvalue weighted by Gasteiger charge is 2.13. The zero-order valence-electron chi connectivity index (χ0n) is 9.47. The maximum absolute atomic E-state index is 5.63. The molecule has 0 fully saturated rings. The minimum absolute atomic E-state index is 0.495. The Hall–Kier alpha value is -0.970. The van der Waals surface area contributed by atoms with Crippen molar-refractivity contribution >= 4 is 23.4 Å². The van der Waals surface area contributed by atoms with Gasteiger partial charge in [-0.2, -0.15) is 11.8 Å². The van der Waals surface area contributed by atoms with E-state index in [2.05, 4.69) is 28.0 Å². The van der Waals surface area contributed by atoms with Gasteiger partial charge >= 0.3 is 0 Å². The van der Waals surface area contributed by atoms with Crippen LogP contribution in [0.2, 0.25) is 0 Å². The molecule has 1 atom stereocenters. The first-order valence-corrected chi connectivity index (χ1v) is 6.37. The first-order chi connectivity index (χ1) is 7.19. The maximum atomic E-state index is 5.63. The SMILES string of the molecule is CCC(CSC)N(C)c1cc(N)ncn1. The molecule has 0 amide bonds. The number of nitrogens with two attached hydrogens (primary N) is 1. The fraction of sp³-hybridized carbons (Fsp3) is 0.600. The average molecular weight is 226 g/mol. The summed E-state index contributed by atoms with van der Waals surface area (Å²) in [5.41, 5.74) is 5.63. The van der Waals surface area contributed by atoms with Gasteiger partial charge in [0.1, 0.15) is 18.0 Å². The Balaban J connectivity index is 2.77. The van der Waals surface area contributed by atoms with Gasteiger partial charge < -0.3 is 10.6 Å². The van der Waals surface area contributed by atoms with Crippen molar-refractivity contribution in [3.05, 3.63) is 12.4 Å². The van der Waals surface area contributed by atoms with Gasteiger partial charge in [-0.15, -0.1) is 0 Å². The van der Waals surface area contributed by atoms with Crippen LogP contribution in [0, 0.1) is 0 Å². The van der Waals surface area contributed by atoms with Crippen LogP contribution in [0.15, 0.2) is 12.4 Å². The van der Waals surface area contributed by atoms with Gasteiger partial charge in [0, 0.05) is 24.9 Å². The molecule has 1 aromatic heterocycles. The van der Waals surface area contributed by atoms with Crippen LogP contribution in [0.25, 0.3) is 0 Å². The van der Waals surface area contributed by atoms with Crippen molar-refractivity contribution in [2.75, 3.05) is 29.7 Å². The summed E-state index contributed by atoms with van der Waals surface area (Å²) in [7, 11) is 2.05. The highest BCUT2D eigenvalue weighted by molar-refractivity contribution is 7.98. The van der Waals surface area contributed by atoms with Gasteiger partial charge in [0.25, 0.3) is 0 Å². The van der Waals surface area contributed by atoms with Crippen molar-refractivity contribution < 1.29 is 0 Å². The molecule has 4 nitrogen and oxygen atoms in total. The van der Waals surface area contributed by atoms with Crippen LogP contribution in [-0.4, -0.2) is 35.1 Å². The van der Waals surface area contributed by atoms with E-state index in [-0.39, 0.29) is 0 Å². The summed E-state index contributed by atoms with van der Waals surface area (Å²) in [5.74, 6) is 2.51. The molecule has 0 aliphatic carbocycles. The van der Waals surface area contributed by atoms with E-state index in [4.69, 9.17) is 5.73 Å². The predicted molar refractivity (Wildman–Crippen MR) is 67.3 cm³/mol. The molecule has 0 aliphatic heterocycles. The van der Waals surface area contributed by atoms with Crippen LogP contribution < -0.4 is 10.6 Å². The summed E-state index contributed by atoms with van der Waals surface area (Å²) >= 11 is 1.85. The lowest BCUT2D eigenvalue weighted by molar-refractivity contribution is 0.665. The van der Waals surface area contributed by atoms with Crippen LogP contribution in [0.3, 0.4) is 0 Å². The molecule has 15 heavy (non-hydrogen) atoms. The molecule has 1 aromatic rings. The Kier molecular flexibility index (Phi) is 4.68. The largest absolute Gasteiger partial charge is 0.384 e. The van der Waals surface area contributed by atoms with Crippen LogP contribution >= 0.6 is 11.8 Å². The second-order valence-corrected chi connectivity index (χ2v) is 4.34. The van der Waals surface area contributed by atoms with Gasteiger partial charge in [-0.25, -0.2) is 9.97 Å². The van der Waals surface area contributed by atoms with Crippen molar-refractivity contribution in [3.8, 4) is 0 Å². The normalized spacial score (nSPS) is 12.5. The van der Waals surface area contributed by atoms with E-state index in [1.165, 1.54) is 6.33 Å². The lowest BCUT2D eigenvalue weighted by Gasteiger charge is -2.27. The number of nitrogen functional groups attached to an aromatic ring is 1. The molecule has 5 heteroatoms. The summed E-state index contributed by atoms with van der Waals surface area (Å²) in [6.45, 7) is 2.18. The third-order valence-corrected chi connectivity index (χ3v) is 3.13. The number of hydrogen-bond acceptors (Lipinski definition) is 5. The highest BCUT2D eigenvalue weighted by atomic mass is 32.2. The zero-order chi connectivity index (χ0) is 11.3. The molecule has 0 radical (unpaired) electrons. The minimum atomic E-state index is 0.495. The fourth-order valence-corrected chi connectivity index (χ4v) is 2.28. The smallest absolute Gasteiger partial charge is 0.134 e. The van der Waals surface area contributed by atoms with Crippen molar-refractivity contribution in [2.24, 2.45) is 0 Å².